The highest BCUT2D eigenvalue weighted by molar-refractivity contribution is 9.10. The molecule has 0 saturated heterocycles. The van der Waals surface area contributed by atoms with Gasteiger partial charge < -0.3 is 5.11 Å². The Morgan fingerprint density at radius 2 is 1.80 bits per heavy atom. The Morgan fingerprint density at radius 1 is 1.27 bits per heavy atom. The van der Waals surface area contributed by atoms with E-state index < -0.39 is 12.3 Å². The van der Waals surface area contributed by atoms with Crippen molar-refractivity contribution in [2.45, 2.75) is 17.2 Å². The lowest BCUT2D eigenvalue weighted by molar-refractivity contribution is -0.195. The molecule has 84 valence electrons. The summed E-state index contributed by atoms with van der Waals surface area (Å²) >= 11 is 4.19. The van der Waals surface area contributed by atoms with Crippen LogP contribution in [0.4, 0.5) is 13.2 Å². The quantitative estimate of drug-likeness (QED) is 0.863. The lowest BCUT2D eigenvalue weighted by Crippen LogP contribution is -2.30. The minimum absolute atomic E-state index is 0.384. The SMILES string of the molecule is O[C@@H](CSc1ccc(Br)cc1)C(F)(F)F. The van der Waals surface area contributed by atoms with E-state index in [1.54, 1.807) is 24.3 Å². The van der Waals surface area contributed by atoms with E-state index in [1.807, 2.05) is 0 Å². The molecule has 1 atom stereocenters. The van der Waals surface area contributed by atoms with E-state index in [2.05, 4.69) is 15.9 Å². The highest BCUT2D eigenvalue weighted by Gasteiger charge is 2.37. The highest BCUT2D eigenvalue weighted by atomic mass is 79.9. The van der Waals surface area contributed by atoms with Crippen molar-refractivity contribution in [3.05, 3.63) is 28.7 Å². The number of halogens is 4. The van der Waals surface area contributed by atoms with Crippen molar-refractivity contribution in [1.82, 2.24) is 0 Å². The predicted octanol–water partition coefficient (Wildman–Crippen LogP) is 3.46. The molecule has 1 rings (SSSR count). The van der Waals surface area contributed by atoms with E-state index in [9.17, 15) is 13.2 Å². The maximum Gasteiger partial charge on any atom is 0.415 e. The summed E-state index contributed by atoms with van der Waals surface area (Å²) in [7, 11) is 0. The molecule has 0 amide bonds. The summed E-state index contributed by atoms with van der Waals surface area (Å²) in [5, 5.41) is 8.75. The molecule has 0 aliphatic carbocycles. The van der Waals surface area contributed by atoms with Crippen molar-refractivity contribution in [3.63, 3.8) is 0 Å². The van der Waals surface area contributed by atoms with Gasteiger partial charge >= 0.3 is 6.18 Å². The first-order valence-electron chi connectivity index (χ1n) is 4.03. The first-order chi connectivity index (χ1) is 6.89. The Labute approximate surface area is 97.8 Å². The van der Waals surface area contributed by atoms with Crippen LogP contribution in [0.15, 0.2) is 33.6 Å². The summed E-state index contributed by atoms with van der Waals surface area (Å²) in [6.07, 6.45) is -6.81. The van der Waals surface area contributed by atoms with Crippen molar-refractivity contribution in [2.75, 3.05) is 5.75 Å². The molecule has 0 spiro atoms. The van der Waals surface area contributed by atoms with Crippen LogP contribution < -0.4 is 0 Å². The molecule has 1 N–H and O–H groups in total. The van der Waals surface area contributed by atoms with E-state index in [0.717, 1.165) is 16.2 Å². The highest BCUT2D eigenvalue weighted by Crippen LogP contribution is 2.27. The Bertz CT molecular complexity index is 312. The van der Waals surface area contributed by atoms with Gasteiger partial charge in [0.2, 0.25) is 0 Å². The van der Waals surface area contributed by atoms with E-state index in [1.165, 1.54) is 0 Å². The predicted molar refractivity (Wildman–Crippen MR) is 56.9 cm³/mol. The van der Waals surface area contributed by atoms with Gasteiger partial charge in [-0.1, -0.05) is 15.9 Å². The third-order valence-corrected chi connectivity index (χ3v) is 3.22. The standard InChI is InChI=1S/C9H8BrF3OS/c10-6-1-3-7(4-2-6)15-5-8(14)9(11,12)13/h1-4,8,14H,5H2/t8-/m0/s1. The molecule has 0 aromatic heterocycles. The van der Waals surface area contributed by atoms with Crippen molar-refractivity contribution in [1.29, 1.82) is 0 Å². The molecule has 6 heteroatoms. The van der Waals surface area contributed by atoms with Crippen molar-refractivity contribution in [3.8, 4) is 0 Å². The summed E-state index contributed by atoms with van der Waals surface area (Å²) < 4.78 is 36.7. The van der Waals surface area contributed by atoms with Crippen LogP contribution in [0.3, 0.4) is 0 Å². The molecule has 15 heavy (non-hydrogen) atoms. The Balaban J connectivity index is 2.47. The van der Waals surface area contributed by atoms with Crippen LogP contribution in [-0.4, -0.2) is 23.1 Å². The number of rotatable bonds is 3. The molecule has 0 saturated carbocycles. The zero-order chi connectivity index (χ0) is 11.5. The van der Waals surface area contributed by atoms with Gasteiger partial charge in [-0.2, -0.15) is 13.2 Å². The number of aliphatic hydroxyl groups is 1. The average Bonchev–Trinajstić information content (AvgIpc) is 2.15. The summed E-state index contributed by atoms with van der Waals surface area (Å²) in [6, 6.07) is 6.86. The third kappa shape index (κ3) is 4.44. The molecule has 0 aliphatic rings. The normalized spacial score (nSPS) is 13.9. The third-order valence-electron chi connectivity index (χ3n) is 1.60. The minimum atomic E-state index is -4.54. The largest absolute Gasteiger partial charge is 0.415 e. The van der Waals surface area contributed by atoms with Gasteiger partial charge in [0.05, 0.1) is 0 Å². The fraction of sp³-hybridized carbons (Fsp3) is 0.333. The molecule has 0 radical (unpaired) electrons. The summed E-state index contributed by atoms with van der Waals surface area (Å²) in [4.78, 5) is 0.696. The number of aliphatic hydroxyl groups excluding tert-OH is 1. The molecule has 1 nitrogen and oxygen atoms in total. The van der Waals surface area contributed by atoms with E-state index in [-0.39, 0.29) is 5.75 Å². The van der Waals surface area contributed by atoms with Gasteiger partial charge in [-0.3, -0.25) is 0 Å². The van der Waals surface area contributed by atoms with Crippen LogP contribution in [0.25, 0.3) is 0 Å². The first-order valence-corrected chi connectivity index (χ1v) is 5.80. The molecule has 1 aromatic carbocycles. The van der Waals surface area contributed by atoms with Crippen LogP contribution in [0.1, 0.15) is 0 Å². The second-order valence-corrected chi connectivity index (χ2v) is 4.83. The second kappa shape index (κ2) is 5.23. The second-order valence-electron chi connectivity index (χ2n) is 2.82. The van der Waals surface area contributed by atoms with Crippen molar-refractivity contribution >= 4 is 27.7 Å². The summed E-state index contributed by atoms with van der Waals surface area (Å²) in [6.45, 7) is 0. The summed E-state index contributed by atoms with van der Waals surface area (Å²) in [5.74, 6) is -0.384. The van der Waals surface area contributed by atoms with Gasteiger partial charge in [-0.15, -0.1) is 11.8 Å². The van der Waals surface area contributed by atoms with Gasteiger partial charge in [0.25, 0.3) is 0 Å². The molecule has 0 heterocycles. The van der Waals surface area contributed by atoms with E-state index in [0.29, 0.717) is 4.90 Å². The van der Waals surface area contributed by atoms with Crippen LogP contribution in [0.2, 0.25) is 0 Å². The van der Waals surface area contributed by atoms with Gasteiger partial charge in [0.15, 0.2) is 6.10 Å². The molecular weight excluding hydrogens is 293 g/mol. The fourth-order valence-corrected chi connectivity index (χ4v) is 1.93. The molecule has 0 bridgehead atoms. The van der Waals surface area contributed by atoms with Gasteiger partial charge in [-0.25, -0.2) is 0 Å². The van der Waals surface area contributed by atoms with Crippen LogP contribution in [0, 0.1) is 0 Å². The first kappa shape index (κ1) is 12.9. The van der Waals surface area contributed by atoms with Crippen molar-refractivity contribution < 1.29 is 18.3 Å². The van der Waals surface area contributed by atoms with Crippen LogP contribution in [0.5, 0.6) is 0 Å². The van der Waals surface area contributed by atoms with Gasteiger partial charge in [0.1, 0.15) is 0 Å². The van der Waals surface area contributed by atoms with Gasteiger partial charge in [-0.05, 0) is 24.3 Å². The molecule has 0 aliphatic heterocycles. The van der Waals surface area contributed by atoms with Gasteiger partial charge in [0, 0.05) is 15.1 Å². The zero-order valence-electron chi connectivity index (χ0n) is 7.46. The monoisotopic (exact) mass is 300 g/mol. The van der Waals surface area contributed by atoms with Crippen LogP contribution in [-0.2, 0) is 0 Å². The number of hydrogen-bond donors (Lipinski definition) is 1. The zero-order valence-corrected chi connectivity index (χ0v) is 9.86. The molecule has 1 aromatic rings. The Morgan fingerprint density at radius 3 is 2.27 bits per heavy atom. The lowest BCUT2D eigenvalue weighted by Gasteiger charge is -2.13. The average molecular weight is 301 g/mol. The smallest absolute Gasteiger partial charge is 0.383 e. The number of hydrogen-bond acceptors (Lipinski definition) is 2. The van der Waals surface area contributed by atoms with Crippen LogP contribution >= 0.6 is 27.7 Å². The molecule has 0 fully saturated rings. The maximum atomic E-state index is 11.9. The van der Waals surface area contributed by atoms with E-state index in [4.69, 9.17) is 5.11 Å². The Hall–Kier alpha value is -0.200. The number of alkyl halides is 3. The molecular formula is C9H8BrF3OS. The molecule has 0 unspecified atom stereocenters. The number of benzene rings is 1. The Kier molecular flexibility index (Phi) is 4.48. The maximum absolute atomic E-state index is 11.9. The lowest BCUT2D eigenvalue weighted by atomic mass is 10.4. The van der Waals surface area contributed by atoms with Crippen molar-refractivity contribution in [2.24, 2.45) is 0 Å². The summed E-state index contributed by atoms with van der Waals surface area (Å²) in [5.41, 5.74) is 0. The number of thioether (sulfide) groups is 1. The van der Waals surface area contributed by atoms with E-state index >= 15 is 0 Å². The fourth-order valence-electron chi connectivity index (χ4n) is 0.800. The topological polar surface area (TPSA) is 20.2 Å². The minimum Gasteiger partial charge on any atom is -0.383 e.